The van der Waals surface area contributed by atoms with Crippen LogP contribution in [0.2, 0.25) is 0 Å². The summed E-state index contributed by atoms with van der Waals surface area (Å²) in [4.78, 5) is 33.2. The van der Waals surface area contributed by atoms with Crippen LogP contribution >= 0.6 is 0 Å². The normalized spacial score (nSPS) is 18.1. The Balaban J connectivity index is 1.62. The lowest BCUT2D eigenvalue weighted by Gasteiger charge is -2.37. The van der Waals surface area contributed by atoms with Crippen molar-refractivity contribution in [2.45, 2.75) is 32.5 Å². The minimum Gasteiger partial charge on any atom is -0.497 e. The summed E-state index contributed by atoms with van der Waals surface area (Å²) >= 11 is 0. The Morgan fingerprint density at radius 3 is 2.62 bits per heavy atom. The predicted octanol–water partition coefficient (Wildman–Crippen LogP) is 3.81. The van der Waals surface area contributed by atoms with E-state index in [0.29, 0.717) is 30.9 Å². The van der Waals surface area contributed by atoms with E-state index >= 15 is 0 Å². The van der Waals surface area contributed by atoms with Gasteiger partial charge in [-0.2, -0.15) is 0 Å². The minimum atomic E-state index is -0.955. The Morgan fingerprint density at radius 2 is 1.95 bits per heavy atom. The number of hydrogen-bond acceptors (Lipinski definition) is 7. The van der Waals surface area contributed by atoms with Crippen LogP contribution in [-0.2, 0) is 6.54 Å². The molecule has 4 rings (SSSR count). The van der Waals surface area contributed by atoms with Gasteiger partial charge in [-0.05, 0) is 55.4 Å². The van der Waals surface area contributed by atoms with E-state index in [0.717, 1.165) is 16.7 Å². The average Bonchev–Trinajstić information content (AvgIpc) is 2.94. The smallest absolute Gasteiger partial charge is 0.335 e. The van der Waals surface area contributed by atoms with E-state index in [4.69, 9.17) is 14.6 Å². The molecule has 3 atom stereocenters. The third-order valence-corrected chi connectivity index (χ3v) is 7.07. The lowest BCUT2D eigenvalue weighted by atomic mass is 9.99. The van der Waals surface area contributed by atoms with Crippen LogP contribution in [0.15, 0.2) is 60.8 Å². The van der Waals surface area contributed by atoms with Crippen LogP contribution in [0.1, 0.15) is 40.1 Å². The number of nitrogens with zero attached hydrogens (tertiary/aromatic N) is 3. The molecule has 0 bridgehead atoms. The summed E-state index contributed by atoms with van der Waals surface area (Å²) in [6.07, 6.45) is 1.40. The number of pyridine rings is 1. The molecule has 39 heavy (non-hydrogen) atoms. The molecule has 206 valence electrons. The zero-order chi connectivity index (χ0) is 28.1. The molecule has 0 saturated heterocycles. The summed E-state index contributed by atoms with van der Waals surface area (Å²) in [5.41, 5.74) is 3.19. The van der Waals surface area contributed by atoms with Gasteiger partial charge in [0.2, 0.25) is 5.88 Å². The van der Waals surface area contributed by atoms with Gasteiger partial charge < -0.3 is 24.6 Å². The first-order valence-corrected chi connectivity index (χ1v) is 12.9. The second kappa shape index (κ2) is 12.3. The fourth-order valence-electron chi connectivity index (χ4n) is 4.72. The number of fused-ring (bicyclic) bond motifs is 1. The zero-order valence-corrected chi connectivity index (χ0v) is 22.7. The van der Waals surface area contributed by atoms with Gasteiger partial charge in [-0.3, -0.25) is 9.69 Å². The summed E-state index contributed by atoms with van der Waals surface area (Å²) in [5, 5.41) is 19.1. The Kier molecular flexibility index (Phi) is 8.83. The van der Waals surface area contributed by atoms with E-state index < -0.39 is 5.97 Å². The number of likely N-dealkylation sites (N-methyl/N-ethyl adjacent to an activating group) is 1. The predicted molar refractivity (Wildman–Crippen MR) is 147 cm³/mol. The van der Waals surface area contributed by atoms with Gasteiger partial charge in [-0.15, -0.1) is 0 Å². The molecule has 9 heteroatoms. The molecule has 0 aliphatic carbocycles. The number of benzene rings is 2. The Hall–Kier alpha value is -3.95. The first-order valence-electron chi connectivity index (χ1n) is 12.9. The third kappa shape index (κ3) is 6.55. The summed E-state index contributed by atoms with van der Waals surface area (Å²) in [5.74, 6) is -0.276. The fourth-order valence-corrected chi connectivity index (χ4v) is 4.72. The second-order valence-electron chi connectivity index (χ2n) is 10.1. The quantitative estimate of drug-likeness (QED) is 0.427. The van der Waals surface area contributed by atoms with E-state index in [1.165, 1.54) is 0 Å². The number of methoxy groups -OCH3 is 1. The number of hydrogen-bond donors (Lipinski definition) is 2. The van der Waals surface area contributed by atoms with Gasteiger partial charge in [0.05, 0.1) is 25.3 Å². The number of ether oxygens (including phenoxy) is 2. The van der Waals surface area contributed by atoms with Crippen LogP contribution in [0, 0.1) is 5.92 Å². The molecule has 2 heterocycles. The van der Waals surface area contributed by atoms with Crippen LogP contribution in [0.25, 0.3) is 11.1 Å². The number of carbonyl (C=O) groups excluding carboxylic acids is 1. The van der Waals surface area contributed by atoms with Gasteiger partial charge >= 0.3 is 5.97 Å². The molecule has 1 aliphatic rings. The molecule has 1 aliphatic heterocycles. The summed E-state index contributed by atoms with van der Waals surface area (Å²) in [6, 6.07) is 15.8. The Morgan fingerprint density at radius 1 is 1.21 bits per heavy atom. The highest BCUT2D eigenvalue weighted by molar-refractivity contribution is 5.98. The molecular formula is C30H35N3O6. The first-order chi connectivity index (χ1) is 18.7. The van der Waals surface area contributed by atoms with Gasteiger partial charge in [0.25, 0.3) is 5.91 Å². The Bertz CT molecular complexity index is 1310. The van der Waals surface area contributed by atoms with E-state index in [9.17, 15) is 14.7 Å². The van der Waals surface area contributed by atoms with Crippen molar-refractivity contribution in [3.63, 3.8) is 0 Å². The molecule has 2 N–H and O–H groups in total. The maximum atomic E-state index is 13.7. The van der Waals surface area contributed by atoms with Crippen molar-refractivity contribution in [3.05, 3.63) is 77.5 Å². The van der Waals surface area contributed by atoms with E-state index in [1.54, 1.807) is 36.4 Å². The largest absolute Gasteiger partial charge is 0.497 e. The van der Waals surface area contributed by atoms with Gasteiger partial charge in [0.15, 0.2) is 0 Å². The van der Waals surface area contributed by atoms with E-state index in [2.05, 4.69) is 9.88 Å². The number of rotatable bonds is 9. The van der Waals surface area contributed by atoms with Gasteiger partial charge in [0.1, 0.15) is 17.4 Å². The molecule has 1 amide bonds. The number of carbonyl (C=O) groups is 2. The molecule has 0 radical (unpaired) electrons. The highest BCUT2D eigenvalue weighted by atomic mass is 16.5. The molecule has 0 saturated carbocycles. The van der Waals surface area contributed by atoms with E-state index in [1.807, 2.05) is 57.3 Å². The van der Waals surface area contributed by atoms with Crippen LogP contribution in [0.4, 0.5) is 0 Å². The number of aromatic nitrogens is 1. The maximum Gasteiger partial charge on any atom is 0.335 e. The van der Waals surface area contributed by atoms with Crippen molar-refractivity contribution in [1.29, 1.82) is 0 Å². The zero-order valence-electron chi connectivity index (χ0n) is 22.7. The lowest BCUT2D eigenvalue weighted by molar-refractivity contribution is 0.0325. The number of amides is 1. The first kappa shape index (κ1) is 28.1. The molecule has 3 aromatic rings. The van der Waals surface area contributed by atoms with E-state index in [-0.39, 0.29) is 42.0 Å². The summed E-state index contributed by atoms with van der Waals surface area (Å²) in [7, 11) is 3.58. The number of carboxylic acid groups (broad SMARTS) is 1. The van der Waals surface area contributed by atoms with Crippen LogP contribution < -0.4 is 9.47 Å². The summed E-state index contributed by atoms with van der Waals surface area (Å²) in [6.45, 7) is 5.26. The molecule has 0 unspecified atom stereocenters. The number of aliphatic hydroxyl groups excluding tert-OH is 1. The van der Waals surface area contributed by atoms with Gasteiger partial charge in [-0.25, -0.2) is 9.78 Å². The third-order valence-electron chi connectivity index (χ3n) is 7.07. The fraction of sp³-hybridized carbons (Fsp3) is 0.367. The topological polar surface area (TPSA) is 112 Å². The monoisotopic (exact) mass is 533 g/mol. The highest BCUT2D eigenvalue weighted by Crippen LogP contribution is 2.31. The van der Waals surface area contributed by atoms with Crippen molar-refractivity contribution in [2.75, 3.05) is 33.9 Å². The Labute approximate surface area is 228 Å². The van der Waals surface area contributed by atoms with Crippen molar-refractivity contribution >= 4 is 11.9 Å². The molecular weight excluding hydrogens is 498 g/mol. The van der Waals surface area contributed by atoms with Gasteiger partial charge in [-0.1, -0.05) is 31.2 Å². The van der Waals surface area contributed by atoms with Crippen LogP contribution in [0.5, 0.6) is 11.6 Å². The van der Waals surface area contributed by atoms with Crippen molar-refractivity contribution in [3.8, 4) is 22.8 Å². The summed E-state index contributed by atoms with van der Waals surface area (Å²) < 4.78 is 11.8. The molecule has 0 fully saturated rings. The molecule has 1 aromatic heterocycles. The number of carboxylic acids is 1. The second-order valence-corrected chi connectivity index (χ2v) is 10.1. The average molecular weight is 534 g/mol. The molecule has 2 aromatic carbocycles. The highest BCUT2D eigenvalue weighted by Gasteiger charge is 2.34. The van der Waals surface area contributed by atoms with Crippen LogP contribution in [-0.4, -0.2) is 82.9 Å². The number of aromatic carboxylic acids is 1. The molecule has 9 nitrogen and oxygen atoms in total. The standard InChI is InChI=1S/C30H35N3O6/c1-19-15-33(20(2)18-34)29(35)26-13-24(23-6-5-7-25(12-23)38-4)14-31-28(26)39-27(19)17-32(3)16-21-8-10-22(11-9-21)30(36)37/h5-14,19-20,27,34H,15-18H2,1-4H3,(H,36,37)/t19-,20-,27-/m0/s1. The van der Waals surface area contributed by atoms with Crippen molar-refractivity contribution in [2.24, 2.45) is 5.92 Å². The van der Waals surface area contributed by atoms with Crippen molar-refractivity contribution in [1.82, 2.24) is 14.8 Å². The van der Waals surface area contributed by atoms with Crippen LogP contribution in [0.3, 0.4) is 0 Å². The SMILES string of the molecule is COc1cccc(-c2cnc3c(c2)C(=O)N([C@@H](C)CO)C[C@H](C)[C@H](CN(C)Cc2ccc(C(=O)O)cc2)O3)c1. The van der Waals surface area contributed by atoms with Crippen molar-refractivity contribution < 1.29 is 29.3 Å². The molecule has 0 spiro atoms. The number of aliphatic hydroxyl groups is 1. The maximum absolute atomic E-state index is 13.7. The lowest BCUT2D eigenvalue weighted by Crippen LogP contribution is -2.49. The van der Waals surface area contributed by atoms with Gasteiger partial charge in [0, 0.05) is 37.3 Å². The minimum absolute atomic E-state index is 0.0483.